The van der Waals surface area contributed by atoms with Gasteiger partial charge in [-0.15, -0.1) is 0 Å². The van der Waals surface area contributed by atoms with Crippen molar-refractivity contribution in [3.63, 3.8) is 0 Å². The third-order valence-corrected chi connectivity index (χ3v) is 8.42. The second kappa shape index (κ2) is 7.19. The Morgan fingerprint density at radius 1 is 1.45 bits per heavy atom. The van der Waals surface area contributed by atoms with Gasteiger partial charge in [0.1, 0.15) is 6.33 Å². The average molecular weight is 312 g/mol. The molecule has 110 valence electrons. The first kappa shape index (κ1) is 16.2. The molecule has 0 spiro atoms. The zero-order valence-corrected chi connectivity index (χ0v) is 13.9. The average Bonchev–Trinajstić information content (AvgIpc) is 3.06. The maximum absolute atomic E-state index is 12.9. The van der Waals surface area contributed by atoms with Crippen molar-refractivity contribution in [1.29, 1.82) is 0 Å². The summed E-state index contributed by atoms with van der Waals surface area (Å²) in [7, 11) is 6.04. The van der Waals surface area contributed by atoms with Gasteiger partial charge < -0.3 is 4.52 Å². The number of hydrogen-bond acceptors (Lipinski definition) is 4. The lowest BCUT2D eigenvalue weighted by molar-refractivity contribution is 0.216. The summed E-state index contributed by atoms with van der Waals surface area (Å²) in [5.74, 6) is 2.02. The molecule has 2 rings (SSSR count). The van der Waals surface area contributed by atoms with Crippen molar-refractivity contribution in [2.24, 2.45) is 11.8 Å². The third kappa shape index (κ3) is 3.72. The van der Waals surface area contributed by atoms with E-state index in [0.29, 0.717) is 18.4 Å². The van der Waals surface area contributed by atoms with Crippen molar-refractivity contribution >= 4 is 25.9 Å². The molecular weight excluding hydrogens is 290 g/mol. The molecular formula is C13H22BN2O2PS. The molecule has 0 saturated heterocycles. The predicted octanol–water partition coefficient (Wildman–Crippen LogP) is 4.00. The van der Waals surface area contributed by atoms with Gasteiger partial charge in [-0.2, -0.15) is 0 Å². The van der Waals surface area contributed by atoms with Gasteiger partial charge in [0, 0.05) is 18.1 Å². The van der Waals surface area contributed by atoms with E-state index >= 15 is 0 Å². The van der Waals surface area contributed by atoms with E-state index in [2.05, 4.69) is 11.9 Å². The van der Waals surface area contributed by atoms with E-state index in [1.807, 2.05) is 6.92 Å². The van der Waals surface area contributed by atoms with Crippen LogP contribution in [0.5, 0.6) is 0 Å². The molecule has 1 aromatic rings. The smallest absolute Gasteiger partial charge is 0.305 e. The first-order valence-electron chi connectivity index (χ1n) is 7.22. The molecule has 2 radical (unpaired) electrons. The summed E-state index contributed by atoms with van der Waals surface area (Å²) in [5, 5.41) is 0. The van der Waals surface area contributed by atoms with Gasteiger partial charge in [-0.1, -0.05) is 38.9 Å². The molecule has 0 aliphatic heterocycles. The SMILES string of the molecule is [B]C1CC(CC)C(COP(=O)(SCC)n2ccnc2)C1. The van der Waals surface area contributed by atoms with Gasteiger partial charge in [-0.25, -0.2) is 4.98 Å². The third-order valence-electron chi connectivity index (χ3n) is 3.92. The Kier molecular flexibility index (Phi) is 5.82. The Morgan fingerprint density at radius 3 is 2.80 bits per heavy atom. The van der Waals surface area contributed by atoms with Gasteiger partial charge in [-0.05, 0) is 23.2 Å². The largest absolute Gasteiger partial charge is 0.358 e. The lowest BCUT2D eigenvalue weighted by Crippen LogP contribution is -2.14. The maximum atomic E-state index is 12.9. The molecule has 1 saturated carbocycles. The van der Waals surface area contributed by atoms with Crippen molar-refractivity contribution in [2.45, 2.75) is 38.9 Å². The summed E-state index contributed by atoms with van der Waals surface area (Å²) in [6, 6.07) is 0. The number of imidazole rings is 1. The molecule has 1 heterocycles. The van der Waals surface area contributed by atoms with Gasteiger partial charge in [0.05, 0.1) is 14.5 Å². The molecule has 0 bridgehead atoms. The summed E-state index contributed by atoms with van der Waals surface area (Å²) in [6.07, 6.45) is 8.05. The minimum Gasteiger partial charge on any atom is -0.305 e. The summed E-state index contributed by atoms with van der Waals surface area (Å²) in [5.41, 5.74) is 0. The Hall–Kier alpha value is -0.185. The summed E-state index contributed by atoms with van der Waals surface area (Å²) < 4.78 is 20.4. The predicted molar refractivity (Wildman–Crippen MR) is 85.3 cm³/mol. The molecule has 4 nitrogen and oxygen atoms in total. The van der Waals surface area contributed by atoms with E-state index in [-0.39, 0.29) is 5.82 Å². The van der Waals surface area contributed by atoms with Crippen LogP contribution in [0.25, 0.3) is 0 Å². The first-order chi connectivity index (χ1) is 9.59. The van der Waals surface area contributed by atoms with Crippen molar-refractivity contribution < 1.29 is 9.09 Å². The van der Waals surface area contributed by atoms with Crippen molar-refractivity contribution in [3.05, 3.63) is 18.7 Å². The quantitative estimate of drug-likeness (QED) is 0.564. The highest BCUT2D eigenvalue weighted by atomic mass is 32.7. The molecule has 0 aromatic carbocycles. The number of rotatable bonds is 7. The fourth-order valence-electron chi connectivity index (χ4n) is 2.88. The van der Waals surface area contributed by atoms with Crippen LogP contribution in [-0.2, 0) is 9.09 Å². The van der Waals surface area contributed by atoms with E-state index in [4.69, 9.17) is 12.4 Å². The van der Waals surface area contributed by atoms with E-state index in [1.54, 1.807) is 23.1 Å². The molecule has 0 N–H and O–H groups in total. The highest BCUT2D eigenvalue weighted by Gasteiger charge is 2.34. The molecule has 4 atom stereocenters. The topological polar surface area (TPSA) is 44.1 Å². The van der Waals surface area contributed by atoms with Gasteiger partial charge >= 0.3 is 6.72 Å². The molecule has 1 aromatic heterocycles. The van der Waals surface area contributed by atoms with Crippen molar-refractivity contribution in [2.75, 3.05) is 12.4 Å². The second-order valence-electron chi connectivity index (χ2n) is 5.28. The number of hydrogen-bond donors (Lipinski definition) is 0. The molecule has 1 aliphatic rings. The highest BCUT2D eigenvalue weighted by Crippen LogP contribution is 2.61. The van der Waals surface area contributed by atoms with Crippen LogP contribution in [0, 0.1) is 11.8 Å². The van der Waals surface area contributed by atoms with E-state index in [1.165, 1.54) is 11.4 Å². The number of nitrogens with zero attached hydrogens (tertiary/aromatic N) is 2. The van der Waals surface area contributed by atoms with E-state index in [9.17, 15) is 4.57 Å². The van der Waals surface area contributed by atoms with Crippen LogP contribution in [0.4, 0.5) is 0 Å². The van der Waals surface area contributed by atoms with Crippen LogP contribution < -0.4 is 0 Å². The molecule has 1 fully saturated rings. The van der Waals surface area contributed by atoms with Crippen LogP contribution in [0.2, 0.25) is 5.82 Å². The summed E-state index contributed by atoms with van der Waals surface area (Å²) in [4.78, 5) is 3.97. The molecule has 0 amide bonds. The molecule has 4 unspecified atom stereocenters. The maximum Gasteiger partial charge on any atom is 0.358 e. The summed E-state index contributed by atoms with van der Waals surface area (Å²) in [6.45, 7) is 1.79. The minimum absolute atomic E-state index is 0.264. The van der Waals surface area contributed by atoms with Crippen LogP contribution in [-0.4, -0.2) is 29.5 Å². The van der Waals surface area contributed by atoms with Crippen molar-refractivity contribution in [1.82, 2.24) is 9.32 Å². The standard InChI is InChI=1S/C13H22BN2O2PS/c1-3-11-7-13(14)8-12(11)9-18-19(17,20-4-2)16-6-5-15-10-16/h5-6,10-13H,3-4,7-9H2,1-2H3. The normalized spacial score (nSPS) is 29.4. The Bertz CT molecular complexity index is 457. The van der Waals surface area contributed by atoms with Crippen molar-refractivity contribution in [3.8, 4) is 0 Å². The van der Waals surface area contributed by atoms with E-state index in [0.717, 1.165) is 25.0 Å². The highest BCUT2D eigenvalue weighted by molar-refractivity contribution is 8.56. The fourth-order valence-corrected chi connectivity index (χ4v) is 6.41. The first-order valence-corrected chi connectivity index (χ1v) is 10.4. The van der Waals surface area contributed by atoms with Gasteiger partial charge in [0.25, 0.3) is 0 Å². The monoisotopic (exact) mass is 312 g/mol. The Morgan fingerprint density at radius 2 is 2.20 bits per heavy atom. The molecule has 1 aliphatic carbocycles. The van der Waals surface area contributed by atoms with Crippen LogP contribution >= 0.6 is 18.1 Å². The second-order valence-corrected chi connectivity index (χ2v) is 9.94. The Balaban J connectivity index is 2.01. The zero-order chi connectivity index (χ0) is 14.6. The lowest BCUT2D eigenvalue weighted by atomic mass is 9.85. The number of aromatic nitrogens is 2. The van der Waals surface area contributed by atoms with Gasteiger partial charge in [0.2, 0.25) is 0 Å². The van der Waals surface area contributed by atoms with Crippen LogP contribution in [0.3, 0.4) is 0 Å². The zero-order valence-electron chi connectivity index (χ0n) is 12.1. The fraction of sp³-hybridized carbons (Fsp3) is 0.769. The summed E-state index contributed by atoms with van der Waals surface area (Å²) >= 11 is 1.35. The van der Waals surface area contributed by atoms with Gasteiger partial charge in [-0.3, -0.25) is 8.90 Å². The lowest BCUT2D eigenvalue weighted by Gasteiger charge is -2.23. The molecule has 20 heavy (non-hydrogen) atoms. The molecule has 7 heteroatoms. The minimum atomic E-state index is -2.90. The van der Waals surface area contributed by atoms with Crippen LogP contribution in [0.1, 0.15) is 33.1 Å². The Labute approximate surface area is 126 Å². The van der Waals surface area contributed by atoms with Crippen LogP contribution in [0.15, 0.2) is 18.7 Å². The van der Waals surface area contributed by atoms with E-state index < -0.39 is 6.72 Å². The van der Waals surface area contributed by atoms with Gasteiger partial charge in [0.15, 0.2) is 0 Å².